The van der Waals surface area contributed by atoms with Crippen molar-refractivity contribution in [1.82, 2.24) is 14.5 Å². The van der Waals surface area contributed by atoms with Gasteiger partial charge in [0, 0.05) is 25.5 Å². The molecule has 0 bridgehead atoms. The molecule has 2 aromatic rings. The fraction of sp³-hybridized carbons (Fsp3) is 0.333. The molecule has 1 aromatic carbocycles. The molecule has 21 heavy (non-hydrogen) atoms. The van der Waals surface area contributed by atoms with E-state index in [0.717, 1.165) is 18.7 Å². The van der Waals surface area contributed by atoms with Crippen LogP contribution in [0.1, 0.15) is 29.0 Å². The number of hydrogen-bond donors (Lipinski definition) is 2. The van der Waals surface area contributed by atoms with Crippen LogP contribution in [0.5, 0.6) is 11.5 Å². The minimum Gasteiger partial charge on any atom is -0.507 e. The lowest BCUT2D eigenvalue weighted by Crippen LogP contribution is -2.33. The van der Waals surface area contributed by atoms with Gasteiger partial charge in [0.15, 0.2) is 0 Å². The molecule has 0 saturated heterocycles. The second kappa shape index (κ2) is 5.12. The van der Waals surface area contributed by atoms with Gasteiger partial charge in [-0.3, -0.25) is 4.79 Å². The van der Waals surface area contributed by atoms with Crippen LogP contribution in [0.3, 0.4) is 0 Å². The van der Waals surface area contributed by atoms with Gasteiger partial charge in [0.2, 0.25) is 0 Å². The average molecular weight is 287 g/mol. The number of hydrogen-bond acceptors (Lipinski definition) is 4. The number of phenolic OH excluding ortho intramolecular Hbond substituents is 2. The average Bonchev–Trinajstić information content (AvgIpc) is 3.19. The number of aromatic hydroxyl groups is 2. The maximum Gasteiger partial charge on any atom is 0.262 e. The Morgan fingerprint density at radius 2 is 2.05 bits per heavy atom. The fourth-order valence-electron chi connectivity index (χ4n) is 2.35. The number of aryl methyl sites for hydroxylation is 1. The minimum absolute atomic E-state index is 0.0430. The monoisotopic (exact) mass is 287 g/mol. The van der Waals surface area contributed by atoms with E-state index in [4.69, 9.17) is 0 Å². The molecule has 0 unspecified atom stereocenters. The van der Waals surface area contributed by atoms with Crippen molar-refractivity contribution >= 4 is 5.91 Å². The number of amides is 1. The van der Waals surface area contributed by atoms with Crippen LogP contribution in [0.4, 0.5) is 0 Å². The molecular formula is C15H17N3O3. The van der Waals surface area contributed by atoms with Crippen LogP contribution in [-0.2, 0) is 13.6 Å². The molecule has 1 amide bonds. The number of aromatic nitrogens is 2. The van der Waals surface area contributed by atoms with Crippen molar-refractivity contribution < 1.29 is 15.0 Å². The number of carbonyl (C=O) groups is 1. The second-order valence-electron chi connectivity index (χ2n) is 5.29. The molecule has 1 aliphatic carbocycles. The third-order valence-electron chi connectivity index (χ3n) is 3.72. The summed E-state index contributed by atoms with van der Waals surface area (Å²) < 4.78 is 1.85. The van der Waals surface area contributed by atoms with E-state index in [1.54, 1.807) is 11.1 Å². The highest BCUT2D eigenvalue weighted by molar-refractivity contribution is 5.99. The lowest BCUT2D eigenvalue weighted by molar-refractivity contribution is 0.0717. The number of carbonyl (C=O) groups excluding carboxylic acids is 1. The summed E-state index contributed by atoms with van der Waals surface area (Å²) in [5.74, 6) is -0.00255. The highest BCUT2D eigenvalue weighted by atomic mass is 16.3. The summed E-state index contributed by atoms with van der Waals surface area (Å²) >= 11 is 0. The van der Waals surface area contributed by atoms with Crippen LogP contribution in [0, 0.1) is 0 Å². The quantitative estimate of drug-likeness (QED) is 0.896. The Morgan fingerprint density at radius 3 is 2.57 bits per heavy atom. The fourth-order valence-corrected chi connectivity index (χ4v) is 2.35. The van der Waals surface area contributed by atoms with Crippen LogP contribution in [0.15, 0.2) is 30.6 Å². The van der Waals surface area contributed by atoms with E-state index in [1.165, 1.54) is 18.2 Å². The Hall–Kier alpha value is -2.50. The summed E-state index contributed by atoms with van der Waals surface area (Å²) in [7, 11) is 1.87. The van der Waals surface area contributed by atoms with Gasteiger partial charge in [-0.05, 0) is 25.0 Å². The molecule has 1 aliphatic rings. The Balaban J connectivity index is 1.91. The topological polar surface area (TPSA) is 78.6 Å². The molecule has 0 aliphatic heterocycles. The summed E-state index contributed by atoms with van der Waals surface area (Å²) in [6.45, 7) is 0.362. The van der Waals surface area contributed by atoms with Crippen LogP contribution < -0.4 is 0 Å². The van der Waals surface area contributed by atoms with E-state index in [9.17, 15) is 15.0 Å². The van der Waals surface area contributed by atoms with E-state index < -0.39 is 0 Å². The van der Waals surface area contributed by atoms with Gasteiger partial charge in [-0.1, -0.05) is 6.07 Å². The zero-order valence-corrected chi connectivity index (χ0v) is 11.7. The van der Waals surface area contributed by atoms with E-state index in [-0.39, 0.29) is 29.0 Å². The summed E-state index contributed by atoms with van der Waals surface area (Å²) in [6, 6.07) is 4.45. The molecule has 0 atom stereocenters. The van der Waals surface area contributed by atoms with Gasteiger partial charge in [-0.25, -0.2) is 4.98 Å². The van der Waals surface area contributed by atoms with Crippen molar-refractivity contribution in [3.63, 3.8) is 0 Å². The first-order valence-electron chi connectivity index (χ1n) is 6.86. The molecule has 3 rings (SSSR count). The molecule has 110 valence electrons. The van der Waals surface area contributed by atoms with E-state index in [1.807, 2.05) is 17.8 Å². The Bertz CT molecular complexity index is 656. The van der Waals surface area contributed by atoms with Crippen LogP contribution in [0.25, 0.3) is 0 Å². The van der Waals surface area contributed by atoms with Crippen LogP contribution in [-0.4, -0.2) is 36.6 Å². The predicted molar refractivity (Wildman–Crippen MR) is 75.9 cm³/mol. The first-order valence-corrected chi connectivity index (χ1v) is 6.86. The van der Waals surface area contributed by atoms with Gasteiger partial charge in [0.25, 0.3) is 5.91 Å². The van der Waals surface area contributed by atoms with Gasteiger partial charge in [-0.2, -0.15) is 0 Å². The standard InChI is InChI=1S/C15H17N3O3/c1-17-8-7-16-13(17)9-18(10-5-6-10)15(21)14-11(19)3-2-4-12(14)20/h2-4,7-8,10,19-20H,5-6,9H2,1H3. The Morgan fingerprint density at radius 1 is 1.38 bits per heavy atom. The maximum absolute atomic E-state index is 12.7. The van der Waals surface area contributed by atoms with Crippen molar-refractivity contribution in [2.75, 3.05) is 0 Å². The van der Waals surface area contributed by atoms with Gasteiger partial charge in [0.05, 0.1) is 6.54 Å². The second-order valence-corrected chi connectivity index (χ2v) is 5.29. The van der Waals surface area contributed by atoms with Crippen molar-refractivity contribution in [1.29, 1.82) is 0 Å². The van der Waals surface area contributed by atoms with Gasteiger partial charge in [0.1, 0.15) is 22.9 Å². The van der Waals surface area contributed by atoms with Crippen molar-refractivity contribution in [2.45, 2.75) is 25.4 Å². The molecule has 1 fully saturated rings. The van der Waals surface area contributed by atoms with Crippen LogP contribution >= 0.6 is 0 Å². The van der Waals surface area contributed by atoms with Gasteiger partial charge >= 0.3 is 0 Å². The van der Waals surface area contributed by atoms with Gasteiger partial charge in [-0.15, -0.1) is 0 Å². The first-order chi connectivity index (χ1) is 10.1. The number of nitrogens with zero attached hydrogens (tertiary/aromatic N) is 3. The number of benzene rings is 1. The third-order valence-corrected chi connectivity index (χ3v) is 3.72. The van der Waals surface area contributed by atoms with E-state index in [2.05, 4.69) is 4.98 Å². The first kappa shape index (κ1) is 13.5. The highest BCUT2D eigenvalue weighted by Crippen LogP contribution is 2.34. The summed E-state index contributed by atoms with van der Waals surface area (Å²) in [5, 5.41) is 19.7. The molecule has 6 nitrogen and oxygen atoms in total. The lowest BCUT2D eigenvalue weighted by Gasteiger charge is -2.23. The Labute approximate surface area is 122 Å². The molecular weight excluding hydrogens is 270 g/mol. The molecule has 6 heteroatoms. The number of rotatable bonds is 4. The van der Waals surface area contributed by atoms with Crippen molar-refractivity contribution in [3.8, 4) is 11.5 Å². The summed E-state index contributed by atoms with van der Waals surface area (Å²) in [5.41, 5.74) is -0.0430. The minimum atomic E-state index is -0.365. The summed E-state index contributed by atoms with van der Waals surface area (Å²) in [6.07, 6.45) is 5.37. The van der Waals surface area contributed by atoms with Crippen molar-refractivity contribution in [2.24, 2.45) is 7.05 Å². The third kappa shape index (κ3) is 2.56. The molecule has 0 radical (unpaired) electrons. The van der Waals surface area contributed by atoms with Crippen LogP contribution in [0.2, 0.25) is 0 Å². The SMILES string of the molecule is Cn1ccnc1CN(C(=O)c1c(O)cccc1O)C1CC1. The smallest absolute Gasteiger partial charge is 0.262 e. The molecule has 2 N–H and O–H groups in total. The van der Waals surface area contributed by atoms with Gasteiger partial charge < -0.3 is 19.7 Å². The zero-order chi connectivity index (χ0) is 15.0. The highest BCUT2D eigenvalue weighted by Gasteiger charge is 2.35. The largest absolute Gasteiger partial charge is 0.507 e. The Kier molecular flexibility index (Phi) is 3.29. The molecule has 1 aromatic heterocycles. The van der Waals surface area contributed by atoms with E-state index >= 15 is 0 Å². The molecule has 1 saturated carbocycles. The molecule has 1 heterocycles. The lowest BCUT2D eigenvalue weighted by atomic mass is 10.1. The zero-order valence-electron chi connectivity index (χ0n) is 11.7. The maximum atomic E-state index is 12.7. The summed E-state index contributed by atoms with van der Waals surface area (Å²) in [4.78, 5) is 18.6. The normalized spacial score (nSPS) is 14.1. The predicted octanol–water partition coefficient (Wildman–Crippen LogP) is 1.64. The van der Waals surface area contributed by atoms with E-state index in [0.29, 0.717) is 6.54 Å². The van der Waals surface area contributed by atoms with Crippen molar-refractivity contribution in [3.05, 3.63) is 42.0 Å². The molecule has 0 spiro atoms. The number of imidazole rings is 1. The number of phenols is 2.